The molecular weight excluding hydrogens is 533 g/mol. The van der Waals surface area contributed by atoms with Crippen molar-refractivity contribution in [1.82, 2.24) is 9.66 Å². The van der Waals surface area contributed by atoms with Gasteiger partial charge < -0.3 is 13.9 Å². The summed E-state index contributed by atoms with van der Waals surface area (Å²) in [5.74, 6) is 0.854. The highest BCUT2D eigenvalue weighted by Crippen LogP contribution is 2.37. The third kappa shape index (κ3) is 4.81. The number of ether oxygens (including phenoxy) is 2. The highest BCUT2D eigenvalue weighted by Gasteiger charge is 2.17. The van der Waals surface area contributed by atoms with Gasteiger partial charge in [0.1, 0.15) is 18.0 Å². The number of nitrogens with zero attached hydrogens (tertiary/aromatic N) is 3. The van der Waals surface area contributed by atoms with Crippen molar-refractivity contribution in [2.75, 3.05) is 7.11 Å². The minimum atomic E-state index is -0.379. The summed E-state index contributed by atoms with van der Waals surface area (Å²) in [6.07, 6.45) is 1.47. The van der Waals surface area contributed by atoms with Crippen LogP contribution in [0.4, 0.5) is 4.39 Å². The molecule has 2 heterocycles. The number of halogens is 2. The van der Waals surface area contributed by atoms with Gasteiger partial charge in [-0.3, -0.25) is 4.79 Å². The second-order valence-electron chi connectivity index (χ2n) is 8.88. The van der Waals surface area contributed by atoms with Crippen molar-refractivity contribution >= 4 is 39.7 Å². The first kappa shape index (κ1) is 25.3. The molecule has 0 spiro atoms. The summed E-state index contributed by atoms with van der Waals surface area (Å²) in [6, 6.07) is 26.0. The minimum Gasteiger partial charge on any atom is -0.493 e. The van der Waals surface area contributed by atoms with Crippen molar-refractivity contribution < 1.29 is 18.3 Å². The van der Waals surface area contributed by atoms with E-state index in [1.54, 1.807) is 48.5 Å². The van der Waals surface area contributed by atoms with Crippen molar-refractivity contribution in [3.05, 3.63) is 123 Å². The van der Waals surface area contributed by atoms with E-state index in [0.717, 1.165) is 5.39 Å². The summed E-state index contributed by atoms with van der Waals surface area (Å²) in [5, 5.41) is 5.99. The van der Waals surface area contributed by atoms with Crippen LogP contribution in [0, 0.1) is 5.82 Å². The van der Waals surface area contributed by atoms with Gasteiger partial charge in [-0.2, -0.15) is 9.78 Å². The van der Waals surface area contributed by atoms with Crippen molar-refractivity contribution in [3.8, 4) is 23.1 Å². The van der Waals surface area contributed by atoms with Gasteiger partial charge in [-0.15, -0.1) is 0 Å². The molecule has 0 amide bonds. The third-order valence-electron chi connectivity index (χ3n) is 6.30. The molecule has 6 aromatic rings. The third-order valence-corrected chi connectivity index (χ3v) is 6.58. The van der Waals surface area contributed by atoms with E-state index >= 15 is 0 Å². The standard InChI is InChI=1S/C31H21ClFN3O4/c1-38-27-15-19(14-23(32)29(27)39-18-21-9-2-5-11-24(21)33)17-34-36-30(28-16-20-8-3-7-13-26(20)40-28)35-25-12-6-4-10-22(25)31(36)37/h2-17H,18H2,1H3. The maximum Gasteiger partial charge on any atom is 0.282 e. The Labute approximate surface area is 232 Å². The predicted molar refractivity (Wildman–Crippen MR) is 153 cm³/mol. The summed E-state index contributed by atoms with van der Waals surface area (Å²) in [4.78, 5) is 18.2. The molecule has 0 radical (unpaired) electrons. The van der Waals surface area contributed by atoms with Gasteiger partial charge in [0.25, 0.3) is 5.56 Å². The van der Waals surface area contributed by atoms with Crippen molar-refractivity contribution in [3.63, 3.8) is 0 Å². The smallest absolute Gasteiger partial charge is 0.282 e. The number of rotatable bonds is 7. The molecule has 0 saturated heterocycles. The minimum absolute atomic E-state index is 0.0325. The second kappa shape index (κ2) is 10.7. The quantitative estimate of drug-likeness (QED) is 0.198. The van der Waals surface area contributed by atoms with E-state index in [-0.39, 0.29) is 34.6 Å². The van der Waals surface area contributed by atoms with Crippen LogP contribution >= 0.6 is 11.6 Å². The van der Waals surface area contributed by atoms with Gasteiger partial charge in [-0.1, -0.05) is 60.1 Å². The molecule has 198 valence electrons. The van der Waals surface area contributed by atoms with Crippen LogP contribution in [0.1, 0.15) is 11.1 Å². The first-order valence-corrected chi connectivity index (χ1v) is 12.7. The molecule has 0 aliphatic heterocycles. The number of methoxy groups -OCH3 is 1. The zero-order valence-electron chi connectivity index (χ0n) is 21.2. The lowest BCUT2D eigenvalue weighted by atomic mass is 10.2. The Morgan fingerprint density at radius 2 is 1.80 bits per heavy atom. The van der Waals surface area contributed by atoms with Crippen molar-refractivity contribution in [2.45, 2.75) is 6.61 Å². The number of fused-ring (bicyclic) bond motifs is 2. The van der Waals surface area contributed by atoms with Crippen LogP contribution in [0.2, 0.25) is 5.02 Å². The van der Waals surface area contributed by atoms with Crippen LogP contribution in [-0.4, -0.2) is 23.0 Å². The molecule has 40 heavy (non-hydrogen) atoms. The van der Waals surface area contributed by atoms with Crippen LogP contribution < -0.4 is 15.0 Å². The number of hydrogen-bond donors (Lipinski definition) is 0. The molecule has 0 bridgehead atoms. The van der Waals surface area contributed by atoms with Crippen LogP contribution in [-0.2, 0) is 6.61 Å². The zero-order chi connectivity index (χ0) is 27.6. The Morgan fingerprint density at radius 1 is 1.02 bits per heavy atom. The maximum atomic E-state index is 14.0. The normalized spacial score (nSPS) is 11.5. The molecule has 0 N–H and O–H groups in total. The highest BCUT2D eigenvalue weighted by molar-refractivity contribution is 6.32. The number of aromatic nitrogens is 2. The van der Waals surface area contributed by atoms with Crippen LogP contribution in [0.3, 0.4) is 0 Å². The first-order chi connectivity index (χ1) is 19.5. The van der Waals surface area contributed by atoms with Crippen molar-refractivity contribution in [1.29, 1.82) is 0 Å². The fraction of sp³-hybridized carbons (Fsp3) is 0.0645. The van der Waals surface area contributed by atoms with Crippen molar-refractivity contribution in [2.24, 2.45) is 5.10 Å². The van der Waals surface area contributed by atoms with Gasteiger partial charge in [0.05, 0.1) is 29.2 Å². The lowest BCUT2D eigenvalue weighted by Crippen LogP contribution is -2.20. The van der Waals surface area contributed by atoms with Crippen LogP contribution in [0.5, 0.6) is 11.5 Å². The highest BCUT2D eigenvalue weighted by atomic mass is 35.5. The summed E-state index contributed by atoms with van der Waals surface area (Å²) < 4.78 is 32.5. The van der Waals surface area contributed by atoms with Gasteiger partial charge in [0, 0.05) is 10.9 Å². The fourth-order valence-corrected chi connectivity index (χ4v) is 4.60. The van der Waals surface area contributed by atoms with E-state index in [2.05, 4.69) is 5.10 Å². The first-order valence-electron chi connectivity index (χ1n) is 12.3. The van der Waals surface area contributed by atoms with Gasteiger partial charge in [0.2, 0.25) is 5.82 Å². The van der Waals surface area contributed by atoms with E-state index in [4.69, 9.17) is 30.5 Å². The Kier molecular flexibility index (Phi) is 6.76. The molecule has 4 aromatic carbocycles. The molecule has 0 atom stereocenters. The number of furan rings is 1. The predicted octanol–water partition coefficient (Wildman–Crippen LogP) is 7.07. The summed E-state index contributed by atoms with van der Waals surface area (Å²) in [5.41, 5.74) is 1.75. The van der Waals surface area contributed by atoms with Gasteiger partial charge in [-0.25, -0.2) is 9.37 Å². The molecule has 0 saturated carbocycles. The largest absolute Gasteiger partial charge is 0.493 e. The molecule has 6 rings (SSSR count). The van der Waals surface area contributed by atoms with E-state index in [0.29, 0.717) is 39.1 Å². The Morgan fingerprint density at radius 3 is 2.62 bits per heavy atom. The molecule has 2 aromatic heterocycles. The van der Waals surface area contributed by atoms with E-state index in [1.165, 1.54) is 24.1 Å². The SMILES string of the molecule is COc1cc(C=Nn2c(-c3cc4ccccc4o3)nc3ccccc3c2=O)cc(Cl)c1OCc1ccccc1F. The van der Waals surface area contributed by atoms with Crippen LogP contribution in [0.25, 0.3) is 33.5 Å². The molecule has 7 nitrogen and oxygen atoms in total. The topological polar surface area (TPSA) is 78.9 Å². The Bertz CT molecular complexity index is 1930. The molecule has 0 aliphatic rings. The lowest BCUT2D eigenvalue weighted by Gasteiger charge is -2.14. The van der Waals surface area contributed by atoms with E-state index in [9.17, 15) is 9.18 Å². The number of benzene rings is 4. The van der Waals surface area contributed by atoms with E-state index < -0.39 is 0 Å². The Hall–Kier alpha value is -4.95. The number of para-hydroxylation sites is 2. The summed E-state index contributed by atoms with van der Waals surface area (Å²) >= 11 is 6.53. The number of hydrogen-bond acceptors (Lipinski definition) is 6. The van der Waals surface area contributed by atoms with Gasteiger partial charge in [-0.05, 0) is 48.0 Å². The molecule has 0 fully saturated rings. The molecule has 9 heteroatoms. The lowest BCUT2D eigenvalue weighted by molar-refractivity contribution is 0.280. The fourth-order valence-electron chi connectivity index (χ4n) is 4.33. The molecule has 0 aliphatic carbocycles. The summed E-state index contributed by atoms with van der Waals surface area (Å²) in [7, 11) is 1.47. The van der Waals surface area contributed by atoms with E-state index in [1.807, 2.05) is 36.4 Å². The average Bonchev–Trinajstić information content (AvgIpc) is 3.41. The van der Waals surface area contributed by atoms with Crippen LogP contribution in [0.15, 0.2) is 105 Å². The average molecular weight is 554 g/mol. The molecule has 0 unspecified atom stereocenters. The molecular formula is C31H21ClFN3O4. The van der Waals surface area contributed by atoms with Gasteiger partial charge >= 0.3 is 0 Å². The zero-order valence-corrected chi connectivity index (χ0v) is 21.9. The maximum absolute atomic E-state index is 14.0. The second-order valence-corrected chi connectivity index (χ2v) is 9.28. The Balaban J connectivity index is 1.40. The van der Waals surface area contributed by atoms with Gasteiger partial charge in [0.15, 0.2) is 17.3 Å². The summed E-state index contributed by atoms with van der Waals surface area (Å²) in [6.45, 7) is -0.0325. The monoisotopic (exact) mass is 553 g/mol.